The normalized spacial score (nSPS) is 12.8. The Balaban J connectivity index is 4.53. The van der Waals surface area contributed by atoms with Gasteiger partial charge in [-0.2, -0.15) is 13.1 Å². The lowest BCUT2D eigenvalue weighted by molar-refractivity contribution is 0.535. The summed E-state index contributed by atoms with van der Waals surface area (Å²) in [5, 5.41) is 0. The number of nitrogens with one attached hydrogen (secondary N) is 2. The fourth-order valence-electron chi connectivity index (χ4n) is 0.612. The molecular formula is C6H15N3O2S2. The Morgan fingerprint density at radius 1 is 1.54 bits per heavy atom. The molecule has 0 rings (SSSR count). The van der Waals surface area contributed by atoms with Crippen molar-refractivity contribution < 1.29 is 8.42 Å². The van der Waals surface area contributed by atoms with Gasteiger partial charge in [0.25, 0.3) is 10.2 Å². The molecule has 0 fully saturated rings. The van der Waals surface area contributed by atoms with Gasteiger partial charge in [-0.25, -0.2) is 4.72 Å². The Morgan fingerprint density at radius 3 is 2.31 bits per heavy atom. The van der Waals surface area contributed by atoms with Crippen LogP contribution in [0, 0.1) is 0 Å². The molecule has 0 aromatic rings. The van der Waals surface area contributed by atoms with E-state index < -0.39 is 15.7 Å². The Kier molecular flexibility index (Phi) is 4.24. The summed E-state index contributed by atoms with van der Waals surface area (Å²) in [6, 6.07) is 0. The zero-order valence-electron chi connectivity index (χ0n) is 7.92. The zero-order chi connectivity index (χ0) is 10.7. The Morgan fingerprint density at radius 2 is 2.00 bits per heavy atom. The van der Waals surface area contributed by atoms with Crippen molar-refractivity contribution in [1.82, 2.24) is 9.44 Å². The molecule has 0 saturated heterocycles. The topological polar surface area (TPSA) is 84.2 Å². The third-order valence-corrected chi connectivity index (χ3v) is 3.30. The highest BCUT2D eigenvalue weighted by Crippen LogP contribution is 2.03. The van der Waals surface area contributed by atoms with Gasteiger partial charge in [0.1, 0.15) is 0 Å². The van der Waals surface area contributed by atoms with Crippen LogP contribution in [0.3, 0.4) is 0 Å². The molecule has 0 aliphatic heterocycles. The van der Waals surface area contributed by atoms with Crippen LogP contribution in [0.4, 0.5) is 0 Å². The monoisotopic (exact) mass is 225 g/mol. The molecule has 0 radical (unpaired) electrons. The molecule has 4 N–H and O–H groups in total. The average molecular weight is 225 g/mol. The molecule has 0 atom stereocenters. The second-order valence-corrected chi connectivity index (χ2v) is 5.03. The minimum atomic E-state index is -3.50. The van der Waals surface area contributed by atoms with Gasteiger partial charge in [-0.15, -0.1) is 0 Å². The standard InChI is InChI=1S/C6H15N3O2S2/c1-4-8-13(10,11)9-6(2,3)5(7)12/h8-9H,4H2,1-3H3,(H2,7,12). The molecule has 0 heterocycles. The highest BCUT2D eigenvalue weighted by Gasteiger charge is 2.26. The minimum Gasteiger partial charge on any atom is -0.392 e. The van der Waals surface area contributed by atoms with Crippen molar-refractivity contribution in [3.05, 3.63) is 0 Å². The van der Waals surface area contributed by atoms with Gasteiger partial charge >= 0.3 is 0 Å². The van der Waals surface area contributed by atoms with E-state index in [0.29, 0.717) is 6.54 Å². The minimum absolute atomic E-state index is 0.106. The average Bonchev–Trinajstić information content (AvgIpc) is 1.83. The number of rotatable bonds is 5. The molecule has 0 amide bonds. The summed E-state index contributed by atoms with van der Waals surface area (Å²) < 4.78 is 27.0. The van der Waals surface area contributed by atoms with Crippen LogP contribution in [0.1, 0.15) is 20.8 Å². The van der Waals surface area contributed by atoms with Crippen LogP contribution in [0.15, 0.2) is 0 Å². The predicted molar refractivity (Wildman–Crippen MR) is 56.6 cm³/mol. The van der Waals surface area contributed by atoms with Gasteiger partial charge in [0, 0.05) is 6.54 Å². The second-order valence-electron chi connectivity index (χ2n) is 3.09. The molecule has 0 bridgehead atoms. The number of nitrogens with two attached hydrogens (primary N) is 1. The van der Waals surface area contributed by atoms with Gasteiger partial charge < -0.3 is 5.73 Å². The lowest BCUT2D eigenvalue weighted by Gasteiger charge is -2.24. The van der Waals surface area contributed by atoms with E-state index in [-0.39, 0.29) is 4.99 Å². The fraction of sp³-hybridized carbons (Fsp3) is 0.833. The molecule has 0 aromatic carbocycles. The highest BCUT2D eigenvalue weighted by atomic mass is 32.2. The maximum atomic E-state index is 11.2. The number of hydrogen-bond acceptors (Lipinski definition) is 3. The molecule has 78 valence electrons. The predicted octanol–water partition coefficient (Wildman–Crippen LogP) is -0.505. The smallest absolute Gasteiger partial charge is 0.277 e. The summed E-state index contributed by atoms with van der Waals surface area (Å²) in [5.41, 5.74) is 4.44. The SMILES string of the molecule is CCNS(=O)(=O)NC(C)(C)C(N)=S. The van der Waals surface area contributed by atoms with Gasteiger partial charge in [-0.1, -0.05) is 19.1 Å². The van der Waals surface area contributed by atoms with Gasteiger partial charge in [-0.05, 0) is 13.8 Å². The van der Waals surface area contributed by atoms with E-state index in [4.69, 9.17) is 18.0 Å². The summed E-state index contributed by atoms with van der Waals surface area (Å²) >= 11 is 4.71. The summed E-state index contributed by atoms with van der Waals surface area (Å²) in [4.78, 5) is 0.106. The van der Waals surface area contributed by atoms with Crippen LogP contribution in [0.25, 0.3) is 0 Å². The maximum absolute atomic E-state index is 11.2. The van der Waals surface area contributed by atoms with Gasteiger partial charge in [0.15, 0.2) is 0 Å². The lowest BCUT2D eigenvalue weighted by Crippen LogP contribution is -2.55. The number of thiocarbonyl (C=S) groups is 1. The van der Waals surface area contributed by atoms with Crippen molar-refractivity contribution in [2.24, 2.45) is 5.73 Å². The Labute approximate surface area is 84.3 Å². The van der Waals surface area contributed by atoms with Gasteiger partial charge in [0.05, 0.1) is 10.5 Å². The summed E-state index contributed by atoms with van der Waals surface area (Å²) in [6.45, 7) is 5.21. The van der Waals surface area contributed by atoms with Crippen LogP contribution in [-0.2, 0) is 10.2 Å². The lowest BCUT2D eigenvalue weighted by atomic mass is 10.1. The third-order valence-electron chi connectivity index (χ3n) is 1.34. The quantitative estimate of drug-likeness (QED) is 0.551. The van der Waals surface area contributed by atoms with E-state index in [1.54, 1.807) is 20.8 Å². The molecule has 0 aliphatic carbocycles. The fourth-order valence-corrected chi connectivity index (χ4v) is 1.96. The van der Waals surface area contributed by atoms with Crippen LogP contribution >= 0.6 is 12.2 Å². The van der Waals surface area contributed by atoms with E-state index in [1.807, 2.05) is 0 Å². The van der Waals surface area contributed by atoms with E-state index >= 15 is 0 Å². The van der Waals surface area contributed by atoms with E-state index in [0.717, 1.165) is 0 Å². The largest absolute Gasteiger partial charge is 0.392 e. The van der Waals surface area contributed by atoms with Crippen LogP contribution in [-0.4, -0.2) is 25.5 Å². The molecule has 0 aromatic heterocycles. The molecule has 7 heteroatoms. The third kappa shape index (κ3) is 4.51. The molecule has 0 saturated carbocycles. The molecular weight excluding hydrogens is 210 g/mol. The van der Waals surface area contributed by atoms with E-state index in [2.05, 4.69) is 9.44 Å². The van der Waals surface area contributed by atoms with Crippen molar-refractivity contribution in [1.29, 1.82) is 0 Å². The maximum Gasteiger partial charge on any atom is 0.277 e. The molecule has 13 heavy (non-hydrogen) atoms. The first kappa shape index (κ1) is 12.8. The molecule has 0 unspecified atom stereocenters. The van der Waals surface area contributed by atoms with Crippen LogP contribution in [0.5, 0.6) is 0 Å². The first-order chi connectivity index (χ1) is 5.71. The molecule has 5 nitrogen and oxygen atoms in total. The molecule has 0 aliphatic rings. The summed E-state index contributed by atoms with van der Waals surface area (Å²) in [6.07, 6.45) is 0. The number of hydrogen-bond donors (Lipinski definition) is 3. The first-order valence-electron chi connectivity index (χ1n) is 3.80. The van der Waals surface area contributed by atoms with Crippen molar-refractivity contribution in [3.63, 3.8) is 0 Å². The van der Waals surface area contributed by atoms with Crippen LogP contribution < -0.4 is 15.2 Å². The van der Waals surface area contributed by atoms with Crippen molar-refractivity contribution in [2.45, 2.75) is 26.3 Å². The summed E-state index contributed by atoms with van der Waals surface area (Å²) in [7, 11) is -3.50. The van der Waals surface area contributed by atoms with E-state index in [1.165, 1.54) is 0 Å². The highest BCUT2D eigenvalue weighted by molar-refractivity contribution is 7.87. The van der Waals surface area contributed by atoms with Crippen molar-refractivity contribution in [3.8, 4) is 0 Å². The zero-order valence-corrected chi connectivity index (χ0v) is 9.55. The van der Waals surface area contributed by atoms with Gasteiger partial charge in [-0.3, -0.25) is 0 Å². The van der Waals surface area contributed by atoms with E-state index in [9.17, 15) is 8.42 Å². The van der Waals surface area contributed by atoms with Gasteiger partial charge in [0.2, 0.25) is 0 Å². The van der Waals surface area contributed by atoms with Crippen molar-refractivity contribution >= 4 is 27.4 Å². The second kappa shape index (κ2) is 4.32. The Bertz CT molecular complexity index is 284. The molecule has 0 spiro atoms. The first-order valence-corrected chi connectivity index (χ1v) is 5.69. The summed E-state index contributed by atoms with van der Waals surface area (Å²) in [5.74, 6) is 0. The van der Waals surface area contributed by atoms with Crippen molar-refractivity contribution in [2.75, 3.05) is 6.54 Å². The Hall–Kier alpha value is -0.240. The van der Waals surface area contributed by atoms with Crippen LogP contribution in [0.2, 0.25) is 0 Å².